The molecule has 116 valence electrons. The Morgan fingerprint density at radius 2 is 1.90 bits per heavy atom. The van der Waals surface area contributed by atoms with E-state index in [1.54, 1.807) is 4.90 Å². The Bertz CT molecular complexity index is 533. The molecule has 0 aliphatic carbocycles. The van der Waals surface area contributed by atoms with E-state index in [4.69, 9.17) is 0 Å². The van der Waals surface area contributed by atoms with Crippen molar-refractivity contribution in [3.8, 4) is 0 Å². The van der Waals surface area contributed by atoms with Crippen molar-refractivity contribution < 1.29 is 13.6 Å². The molecule has 3 unspecified atom stereocenters. The Morgan fingerprint density at radius 1 is 1.24 bits per heavy atom. The summed E-state index contributed by atoms with van der Waals surface area (Å²) in [5.74, 6) is -1.47. The van der Waals surface area contributed by atoms with Crippen LogP contribution in [0.3, 0.4) is 0 Å². The molecule has 0 bridgehead atoms. The van der Waals surface area contributed by atoms with Crippen molar-refractivity contribution in [1.29, 1.82) is 0 Å². The molecule has 1 aliphatic heterocycles. The maximum Gasteiger partial charge on any atom is 0.241 e. The predicted octanol–water partition coefficient (Wildman–Crippen LogP) is 3.22. The van der Waals surface area contributed by atoms with Gasteiger partial charge in [0.1, 0.15) is 6.17 Å². The van der Waals surface area contributed by atoms with Gasteiger partial charge in [0.05, 0.1) is 6.04 Å². The van der Waals surface area contributed by atoms with Crippen molar-refractivity contribution in [1.82, 2.24) is 10.2 Å². The van der Waals surface area contributed by atoms with Gasteiger partial charge in [-0.15, -0.1) is 0 Å². The van der Waals surface area contributed by atoms with E-state index in [0.29, 0.717) is 12.0 Å². The first-order valence-corrected chi connectivity index (χ1v) is 7.40. The van der Waals surface area contributed by atoms with Gasteiger partial charge in [0.2, 0.25) is 5.91 Å². The first-order valence-electron chi connectivity index (χ1n) is 7.40. The maximum atomic E-state index is 13.5. The molecule has 1 aliphatic rings. The SMILES string of the molecule is CCC1NC(c2ccc(F)c(F)c2)N(C(C)C(C)C)C1=O. The number of amides is 1. The molecular weight excluding hydrogens is 274 g/mol. The van der Waals surface area contributed by atoms with Gasteiger partial charge in [-0.3, -0.25) is 10.1 Å². The number of hydrogen-bond donors (Lipinski definition) is 1. The van der Waals surface area contributed by atoms with E-state index in [-0.39, 0.29) is 23.9 Å². The number of nitrogens with one attached hydrogen (secondary N) is 1. The van der Waals surface area contributed by atoms with E-state index in [2.05, 4.69) is 5.32 Å². The Balaban J connectivity index is 2.38. The number of carbonyl (C=O) groups excluding carboxylic acids is 1. The van der Waals surface area contributed by atoms with Gasteiger partial charge in [0, 0.05) is 6.04 Å². The molecule has 0 radical (unpaired) electrons. The topological polar surface area (TPSA) is 32.3 Å². The summed E-state index contributed by atoms with van der Waals surface area (Å²) in [7, 11) is 0. The van der Waals surface area contributed by atoms with Gasteiger partial charge in [-0.25, -0.2) is 8.78 Å². The lowest BCUT2D eigenvalue weighted by Crippen LogP contribution is -2.41. The summed E-state index contributed by atoms with van der Waals surface area (Å²) >= 11 is 0. The van der Waals surface area contributed by atoms with Crippen molar-refractivity contribution in [3.63, 3.8) is 0 Å². The zero-order valence-corrected chi connectivity index (χ0v) is 12.9. The average Bonchev–Trinajstić information content (AvgIpc) is 2.77. The zero-order chi connectivity index (χ0) is 15.7. The molecule has 21 heavy (non-hydrogen) atoms. The lowest BCUT2D eigenvalue weighted by atomic mass is 10.0. The molecule has 3 atom stereocenters. The number of carbonyl (C=O) groups is 1. The fourth-order valence-corrected chi connectivity index (χ4v) is 2.64. The van der Waals surface area contributed by atoms with E-state index in [9.17, 15) is 13.6 Å². The van der Waals surface area contributed by atoms with Gasteiger partial charge in [-0.2, -0.15) is 0 Å². The Morgan fingerprint density at radius 3 is 2.43 bits per heavy atom. The molecule has 1 saturated heterocycles. The summed E-state index contributed by atoms with van der Waals surface area (Å²) in [5, 5.41) is 3.23. The van der Waals surface area contributed by atoms with Crippen LogP contribution in [0.5, 0.6) is 0 Å². The smallest absolute Gasteiger partial charge is 0.241 e. The number of nitrogens with zero attached hydrogens (tertiary/aromatic N) is 1. The fraction of sp³-hybridized carbons (Fsp3) is 0.562. The second kappa shape index (κ2) is 6.10. The van der Waals surface area contributed by atoms with Gasteiger partial charge >= 0.3 is 0 Å². The first kappa shape index (κ1) is 15.9. The third-order valence-electron chi connectivity index (χ3n) is 4.26. The fourth-order valence-electron chi connectivity index (χ4n) is 2.64. The van der Waals surface area contributed by atoms with E-state index in [0.717, 1.165) is 6.07 Å². The molecule has 5 heteroatoms. The van der Waals surface area contributed by atoms with Crippen LogP contribution in [0.1, 0.15) is 45.8 Å². The van der Waals surface area contributed by atoms with E-state index < -0.39 is 17.8 Å². The van der Waals surface area contributed by atoms with Crippen molar-refractivity contribution in [2.75, 3.05) is 0 Å². The summed E-state index contributed by atoms with van der Waals surface area (Å²) in [4.78, 5) is 14.3. The number of hydrogen-bond acceptors (Lipinski definition) is 2. The van der Waals surface area contributed by atoms with Crippen LogP contribution in [0.25, 0.3) is 0 Å². The molecule has 2 rings (SSSR count). The minimum absolute atomic E-state index is 0.0136. The molecule has 1 N–H and O–H groups in total. The molecule has 0 saturated carbocycles. The lowest BCUT2D eigenvalue weighted by Gasteiger charge is -2.33. The standard InChI is InChI=1S/C16H22F2N2O/c1-5-14-16(21)20(10(4)9(2)3)15(19-14)11-6-7-12(17)13(18)8-11/h6-10,14-15,19H,5H2,1-4H3. The number of rotatable bonds is 4. The van der Waals surface area contributed by atoms with Crippen LogP contribution >= 0.6 is 0 Å². The third-order valence-corrected chi connectivity index (χ3v) is 4.26. The largest absolute Gasteiger partial charge is 0.319 e. The maximum absolute atomic E-state index is 13.5. The average molecular weight is 296 g/mol. The van der Waals surface area contributed by atoms with Crippen molar-refractivity contribution >= 4 is 5.91 Å². The highest BCUT2D eigenvalue weighted by Crippen LogP contribution is 2.31. The molecule has 1 fully saturated rings. The van der Waals surface area contributed by atoms with Gasteiger partial charge in [-0.05, 0) is 37.0 Å². The van der Waals surface area contributed by atoms with Crippen molar-refractivity contribution in [2.45, 2.75) is 52.4 Å². The van der Waals surface area contributed by atoms with E-state index >= 15 is 0 Å². The van der Waals surface area contributed by atoms with E-state index in [1.165, 1.54) is 12.1 Å². The van der Waals surface area contributed by atoms with Gasteiger partial charge in [0.25, 0.3) is 0 Å². The number of halogens is 2. The van der Waals surface area contributed by atoms with Gasteiger partial charge in [-0.1, -0.05) is 26.8 Å². The molecule has 1 amide bonds. The van der Waals surface area contributed by atoms with Crippen LogP contribution in [0.15, 0.2) is 18.2 Å². The van der Waals surface area contributed by atoms with Crippen LogP contribution in [0.2, 0.25) is 0 Å². The molecule has 1 aromatic carbocycles. The minimum atomic E-state index is -0.890. The van der Waals surface area contributed by atoms with E-state index in [1.807, 2.05) is 27.7 Å². The Hall–Kier alpha value is -1.49. The molecule has 1 heterocycles. The van der Waals surface area contributed by atoms with Crippen LogP contribution in [0.4, 0.5) is 8.78 Å². The second-order valence-corrected chi connectivity index (χ2v) is 5.93. The monoisotopic (exact) mass is 296 g/mol. The van der Waals surface area contributed by atoms with Crippen molar-refractivity contribution in [3.05, 3.63) is 35.4 Å². The van der Waals surface area contributed by atoms with Crippen LogP contribution in [-0.4, -0.2) is 22.9 Å². The highest BCUT2D eigenvalue weighted by atomic mass is 19.2. The number of benzene rings is 1. The van der Waals surface area contributed by atoms with Gasteiger partial charge in [0.15, 0.2) is 11.6 Å². The summed E-state index contributed by atoms with van der Waals surface area (Å²) in [6, 6.07) is 3.54. The summed E-state index contributed by atoms with van der Waals surface area (Å²) in [6.07, 6.45) is 0.260. The highest BCUT2D eigenvalue weighted by molar-refractivity contribution is 5.84. The van der Waals surface area contributed by atoms with Crippen LogP contribution < -0.4 is 5.32 Å². The normalized spacial score (nSPS) is 24.0. The quantitative estimate of drug-likeness (QED) is 0.925. The van der Waals surface area contributed by atoms with Crippen LogP contribution in [0, 0.1) is 17.6 Å². The lowest BCUT2D eigenvalue weighted by molar-refractivity contribution is -0.133. The minimum Gasteiger partial charge on any atom is -0.319 e. The first-order chi connectivity index (χ1) is 9.86. The Labute approximate surface area is 124 Å². The highest BCUT2D eigenvalue weighted by Gasteiger charge is 2.41. The van der Waals surface area contributed by atoms with Crippen molar-refractivity contribution in [2.24, 2.45) is 5.92 Å². The summed E-state index contributed by atoms with van der Waals surface area (Å²) < 4.78 is 26.6. The zero-order valence-electron chi connectivity index (χ0n) is 12.9. The third kappa shape index (κ3) is 2.93. The molecule has 0 aromatic heterocycles. The summed E-state index contributed by atoms with van der Waals surface area (Å²) in [5.41, 5.74) is 0.575. The van der Waals surface area contributed by atoms with Crippen LogP contribution in [-0.2, 0) is 4.79 Å². The Kier molecular flexibility index (Phi) is 4.61. The second-order valence-electron chi connectivity index (χ2n) is 5.93. The molecular formula is C16H22F2N2O. The summed E-state index contributed by atoms with van der Waals surface area (Å²) in [6.45, 7) is 8.00. The van der Waals surface area contributed by atoms with Gasteiger partial charge < -0.3 is 4.90 Å². The molecule has 1 aromatic rings. The molecule has 0 spiro atoms. The predicted molar refractivity (Wildman–Crippen MR) is 77.5 cm³/mol. The molecule has 3 nitrogen and oxygen atoms in total.